The maximum atomic E-state index is 11.9. The molecule has 0 atom stereocenters. The van der Waals surface area contributed by atoms with Gasteiger partial charge in [0.2, 0.25) is 5.95 Å². The summed E-state index contributed by atoms with van der Waals surface area (Å²) in [5.41, 5.74) is 3.57. The number of esters is 1. The second kappa shape index (κ2) is 8.92. The van der Waals surface area contributed by atoms with Gasteiger partial charge in [0.15, 0.2) is 5.17 Å². The zero-order chi connectivity index (χ0) is 21.1. The summed E-state index contributed by atoms with van der Waals surface area (Å²) in [4.78, 5) is 23.8. The Morgan fingerprint density at radius 2 is 2.03 bits per heavy atom. The van der Waals surface area contributed by atoms with Crippen LogP contribution in [0.4, 0.5) is 5.95 Å². The van der Waals surface area contributed by atoms with Gasteiger partial charge in [-0.25, -0.2) is 9.78 Å². The van der Waals surface area contributed by atoms with E-state index in [1.807, 2.05) is 12.1 Å². The summed E-state index contributed by atoms with van der Waals surface area (Å²) in [6.45, 7) is 6.10. The second-order valence-electron chi connectivity index (χ2n) is 7.78. The highest BCUT2D eigenvalue weighted by Crippen LogP contribution is 2.30. The third-order valence-corrected chi connectivity index (χ3v) is 6.07. The van der Waals surface area contributed by atoms with Gasteiger partial charge in [0.25, 0.3) is 0 Å². The van der Waals surface area contributed by atoms with Crippen molar-refractivity contribution in [2.45, 2.75) is 26.8 Å². The molecule has 2 heterocycles. The Bertz CT molecular complexity index is 1080. The van der Waals surface area contributed by atoms with Crippen molar-refractivity contribution >= 4 is 39.9 Å². The molecular weight excluding hydrogens is 396 g/mol. The molecule has 2 aromatic carbocycles. The van der Waals surface area contributed by atoms with Crippen LogP contribution < -0.4 is 0 Å². The van der Waals surface area contributed by atoms with Gasteiger partial charge in [0.1, 0.15) is 0 Å². The highest BCUT2D eigenvalue weighted by Gasteiger charge is 2.24. The van der Waals surface area contributed by atoms with Gasteiger partial charge in [-0.1, -0.05) is 55.9 Å². The van der Waals surface area contributed by atoms with E-state index in [0.717, 1.165) is 41.6 Å². The van der Waals surface area contributed by atoms with E-state index in [9.17, 15) is 4.79 Å². The van der Waals surface area contributed by atoms with Crippen molar-refractivity contribution in [1.29, 1.82) is 0 Å². The van der Waals surface area contributed by atoms with Gasteiger partial charge in [-0.05, 0) is 36.1 Å². The molecule has 0 amide bonds. The first-order chi connectivity index (χ1) is 14.5. The second-order valence-corrected chi connectivity index (χ2v) is 8.69. The van der Waals surface area contributed by atoms with Crippen molar-refractivity contribution in [3.8, 4) is 0 Å². The van der Waals surface area contributed by atoms with E-state index >= 15 is 0 Å². The van der Waals surface area contributed by atoms with E-state index in [-0.39, 0.29) is 5.97 Å². The SMILES string of the molecule is COC(=O)c1ccc2c(c1)nc(/N=C1\SCN1CCc1ccccc1)n2CC(C)C. The third kappa shape index (κ3) is 4.36. The molecule has 4 rings (SSSR count). The van der Waals surface area contributed by atoms with Crippen LogP contribution in [0, 0.1) is 5.92 Å². The van der Waals surface area contributed by atoms with E-state index in [0.29, 0.717) is 17.4 Å². The highest BCUT2D eigenvalue weighted by molar-refractivity contribution is 8.15. The fraction of sp³-hybridized carbons (Fsp3) is 0.348. The van der Waals surface area contributed by atoms with Gasteiger partial charge >= 0.3 is 5.97 Å². The average Bonchev–Trinajstić information content (AvgIpc) is 3.07. The number of imidazole rings is 1. The fourth-order valence-corrected chi connectivity index (χ4v) is 4.26. The lowest BCUT2D eigenvalue weighted by atomic mass is 10.1. The summed E-state index contributed by atoms with van der Waals surface area (Å²) in [5, 5.41) is 0.999. The summed E-state index contributed by atoms with van der Waals surface area (Å²) in [6, 6.07) is 16.0. The number of aliphatic imine (C=N–C) groups is 1. The van der Waals surface area contributed by atoms with E-state index < -0.39 is 0 Å². The number of carbonyl (C=O) groups excluding carboxylic acids is 1. The van der Waals surface area contributed by atoms with Crippen LogP contribution in [0.2, 0.25) is 0 Å². The van der Waals surface area contributed by atoms with Crippen LogP contribution >= 0.6 is 11.8 Å². The molecule has 7 heteroatoms. The Kier molecular flexibility index (Phi) is 6.08. The Balaban J connectivity index is 1.60. The molecule has 1 fully saturated rings. The quantitative estimate of drug-likeness (QED) is 0.516. The minimum absolute atomic E-state index is 0.357. The van der Waals surface area contributed by atoms with Crippen LogP contribution in [0.1, 0.15) is 29.8 Å². The van der Waals surface area contributed by atoms with Gasteiger partial charge in [0.05, 0.1) is 29.6 Å². The van der Waals surface area contributed by atoms with Crippen LogP contribution in [-0.2, 0) is 17.7 Å². The topological polar surface area (TPSA) is 59.7 Å². The number of benzene rings is 2. The molecule has 1 aromatic heterocycles. The zero-order valence-electron chi connectivity index (χ0n) is 17.5. The molecule has 0 spiro atoms. The number of hydrogen-bond acceptors (Lipinski definition) is 5. The van der Waals surface area contributed by atoms with Crippen molar-refractivity contribution in [2.75, 3.05) is 19.5 Å². The molecule has 1 saturated heterocycles. The maximum Gasteiger partial charge on any atom is 0.337 e. The number of methoxy groups -OCH3 is 1. The molecule has 30 heavy (non-hydrogen) atoms. The van der Waals surface area contributed by atoms with Crippen molar-refractivity contribution < 1.29 is 9.53 Å². The molecule has 0 saturated carbocycles. The number of hydrogen-bond donors (Lipinski definition) is 0. The van der Waals surface area contributed by atoms with Crippen LogP contribution in [0.5, 0.6) is 0 Å². The van der Waals surface area contributed by atoms with Gasteiger partial charge in [-0.15, -0.1) is 0 Å². The molecule has 0 N–H and O–H groups in total. The van der Waals surface area contributed by atoms with E-state index in [4.69, 9.17) is 14.7 Å². The van der Waals surface area contributed by atoms with Crippen molar-refractivity contribution in [2.24, 2.45) is 10.9 Å². The summed E-state index contributed by atoms with van der Waals surface area (Å²) < 4.78 is 6.99. The first-order valence-electron chi connectivity index (χ1n) is 10.1. The molecule has 0 aliphatic carbocycles. The number of rotatable bonds is 7. The summed E-state index contributed by atoms with van der Waals surface area (Å²) in [7, 11) is 1.39. The average molecular weight is 423 g/mol. The standard InChI is InChI=1S/C23H26N4O2S/c1-16(2)14-27-20-10-9-18(21(28)29-3)13-19(20)24-22(27)25-23-26(15-30-23)12-11-17-7-5-4-6-8-17/h4-10,13,16H,11-12,14-15H2,1-3H3/b25-23-. The third-order valence-electron chi connectivity index (χ3n) is 5.03. The molecular formula is C23H26N4O2S. The van der Waals surface area contributed by atoms with Crippen LogP contribution in [0.25, 0.3) is 11.0 Å². The predicted molar refractivity (Wildman–Crippen MR) is 122 cm³/mol. The number of fused-ring (bicyclic) bond motifs is 1. The summed E-state index contributed by atoms with van der Waals surface area (Å²) in [5.74, 6) is 1.73. The number of aromatic nitrogens is 2. The Morgan fingerprint density at radius 1 is 1.23 bits per heavy atom. The van der Waals surface area contributed by atoms with Gasteiger partial charge in [0, 0.05) is 13.1 Å². The van der Waals surface area contributed by atoms with E-state index in [1.54, 1.807) is 23.9 Å². The number of amidine groups is 1. The molecule has 1 aliphatic heterocycles. The molecule has 156 valence electrons. The first kappa shape index (κ1) is 20.5. The number of thioether (sulfide) groups is 1. The van der Waals surface area contributed by atoms with Gasteiger partial charge in [-0.3, -0.25) is 0 Å². The fourth-order valence-electron chi connectivity index (χ4n) is 3.46. The lowest BCUT2D eigenvalue weighted by Crippen LogP contribution is -2.39. The van der Waals surface area contributed by atoms with Crippen LogP contribution in [0.3, 0.4) is 0 Å². The van der Waals surface area contributed by atoms with Crippen molar-refractivity contribution in [3.05, 3.63) is 59.7 Å². The normalized spacial score (nSPS) is 15.1. The largest absolute Gasteiger partial charge is 0.465 e. The predicted octanol–water partition coefficient (Wildman–Crippen LogP) is 4.72. The monoisotopic (exact) mass is 422 g/mol. The first-order valence-corrected chi connectivity index (χ1v) is 11.1. The molecule has 3 aromatic rings. The van der Waals surface area contributed by atoms with E-state index in [1.165, 1.54) is 12.7 Å². The highest BCUT2D eigenvalue weighted by atomic mass is 32.2. The zero-order valence-corrected chi connectivity index (χ0v) is 18.4. The summed E-state index contributed by atoms with van der Waals surface area (Å²) in [6.07, 6.45) is 0.991. The van der Waals surface area contributed by atoms with Crippen molar-refractivity contribution in [1.82, 2.24) is 14.5 Å². The lowest BCUT2D eigenvalue weighted by Gasteiger charge is -2.33. The number of carbonyl (C=O) groups is 1. The van der Waals surface area contributed by atoms with E-state index in [2.05, 4.69) is 47.6 Å². The molecule has 1 aliphatic rings. The Labute approximate surface area is 181 Å². The minimum atomic E-state index is -0.357. The summed E-state index contributed by atoms with van der Waals surface area (Å²) >= 11 is 1.74. The lowest BCUT2D eigenvalue weighted by molar-refractivity contribution is 0.0601. The molecule has 0 unspecified atom stereocenters. The maximum absolute atomic E-state index is 11.9. The number of nitrogens with zero attached hydrogens (tertiary/aromatic N) is 4. The van der Waals surface area contributed by atoms with Crippen LogP contribution in [-0.4, -0.2) is 45.1 Å². The van der Waals surface area contributed by atoms with Crippen molar-refractivity contribution in [3.63, 3.8) is 0 Å². The Hall–Kier alpha value is -2.80. The smallest absolute Gasteiger partial charge is 0.337 e. The Morgan fingerprint density at radius 3 is 2.70 bits per heavy atom. The van der Waals surface area contributed by atoms with Crippen LogP contribution in [0.15, 0.2) is 53.5 Å². The molecule has 0 radical (unpaired) electrons. The molecule has 6 nitrogen and oxygen atoms in total. The van der Waals surface area contributed by atoms with Gasteiger partial charge < -0.3 is 14.2 Å². The minimum Gasteiger partial charge on any atom is -0.465 e. The van der Waals surface area contributed by atoms with Gasteiger partial charge in [-0.2, -0.15) is 4.99 Å². The number of ether oxygens (including phenoxy) is 1. The molecule has 0 bridgehead atoms.